The van der Waals surface area contributed by atoms with E-state index in [1.807, 2.05) is 20.2 Å². The van der Waals surface area contributed by atoms with Crippen molar-refractivity contribution in [1.82, 2.24) is 9.80 Å². The van der Waals surface area contributed by atoms with Gasteiger partial charge in [0.15, 0.2) is 0 Å². The van der Waals surface area contributed by atoms with E-state index in [0.717, 1.165) is 43.7 Å². The molecular formula is C21H29ClN2O3. The summed E-state index contributed by atoms with van der Waals surface area (Å²) in [4.78, 5) is 16.1. The fourth-order valence-corrected chi connectivity index (χ4v) is 3.25. The zero-order chi connectivity index (χ0) is 18.4. The average Bonchev–Trinajstić information content (AvgIpc) is 3.02. The Morgan fingerprint density at radius 1 is 1.22 bits per heavy atom. The molecule has 1 aliphatic heterocycles. The van der Waals surface area contributed by atoms with Crippen LogP contribution in [0, 0.1) is 0 Å². The zero-order valence-corrected chi connectivity index (χ0v) is 17.0. The molecular weight excluding hydrogens is 364 g/mol. The Balaban J connectivity index is 0.00000261. The number of hydrogen-bond acceptors (Lipinski definition) is 4. The van der Waals surface area contributed by atoms with Gasteiger partial charge in [-0.3, -0.25) is 0 Å². The largest absolute Gasteiger partial charge is 0.463 e. The van der Waals surface area contributed by atoms with Gasteiger partial charge in [-0.15, -0.1) is 12.4 Å². The standard InChI is InChI=1S/C21H28N2O3.ClH/c1-22(2)15-19-14-18-11-12-23(16-20(18)26-19)21(24)25-13-7-6-10-17-8-4-3-5-9-17;/h3-5,8-9,14H,6-7,10-13,15-16H2,1-2H3;1H. The van der Waals surface area contributed by atoms with E-state index in [1.54, 1.807) is 4.90 Å². The van der Waals surface area contributed by atoms with E-state index in [2.05, 4.69) is 35.2 Å². The monoisotopic (exact) mass is 392 g/mol. The molecule has 1 aromatic heterocycles. The van der Waals surface area contributed by atoms with Crippen molar-refractivity contribution in [2.24, 2.45) is 0 Å². The highest BCUT2D eigenvalue weighted by molar-refractivity contribution is 5.85. The molecule has 0 N–H and O–H groups in total. The number of rotatable bonds is 7. The van der Waals surface area contributed by atoms with Crippen LogP contribution in [0.15, 0.2) is 40.8 Å². The first-order chi connectivity index (χ1) is 12.6. The van der Waals surface area contributed by atoms with Crippen LogP contribution < -0.4 is 0 Å². The van der Waals surface area contributed by atoms with E-state index in [4.69, 9.17) is 9.15 Å². The number of halogens is 1. The molecule has 27 heavy (non-hydrogen) atoms. The maximum Gasteiger partial charge on any atom is 0.410 e. The molecule has 0 fully saturated rings. The Hall–Kier alpha value is -1.98. The van der Waals surface area contributed by atoms with Crippen molar-refractivity contribution in [3.8, 4) is 0 Å². The lowest BCUT2D eigenvalue weighted by Gasteiger charge is -2.25. The van der Waals surface area contributed by atoms with Crippen LogP contribution in [0.4, 0.5) is 4.79 Å². The first-order valence-electron chi connectivity index (χ1n) is 9.32. The van der Waals surface area contributed by atoms with Crippen molar-refractivity contribution < 1.29 is 13.9 Å². The molecule has 1 amide bonds. The van der Waals surface area contributed by atoms with Crippen LogP contribution in [0.2, 0.25) is 0 Å². The van der Waals surface area contributed by atoms with Gasteiger partial charge in [0.2, 0.25) is 0 Å². The van der Waals surface area contributed by atoms with E-state index >= 15 is 0 Å². The number of fused-ring (bicyclic) bond motifs is 1. The van der Waals surface area contributed by atoms with Crippen molar-refractivity contribution in [3.05, 3.63) is 59.0 Å². The molecule has 0 aliphatic carbocycles. The molecule has 6 heteroatoms. The predicted octanol–water partition coefficient (Wildman–Crippen LogP) is 4.28. The predicted molar refractivity (Wildman–Crippen MR) is 108 cm³/mol. The van der Waals surface area contributed by atoms with Gasteiger partial charge in [0, 0.05) is 6.54 Å². The number of benzene rings is 1. The minimum atomic E-state index is -0.235. The quantitative estimate of drug-likeness (QED) is 0.660. The van der Waals surface area contributed by atoms with Crippen molar-refractivity contribution in [2.45, 2.75) is 38.8 Å². The van der Waals surface area contributed by atoms with Gasteiger partial charge in [0.05, 0.1) is 19.7 Å². The summed E-state index contributed by atoms with van der Waals surface area (Å²) in [5.74, 6) is 1.85. The maximum absolute atomic E-state index is 12.3. The number of unbranched alkanes of at least 4 members (excludes halogenated alkanes) is 1. The van der Waals surface area contributed by atoms with E-state index in [-0.39, 0.29) is 18.5 Å². The summed E-state index contributed by atoms with van der Waals surface area (Å²) in [6.45, 7) is 2.44. The van der Waals surface area contributed by atoms with Gasteiger partial charge >= 0.3 is 6.09 Å². The number of amides is 1. The molecule has 3 rings (SSSR count). The molecule has 0 saturated heterocycles. The first kappa shape index (κ1) is 21.3. The molecule has 5 nitrogen and oxygen atoms in total. The normalized spacial score (nSPS) is 13.2. The van der Waals surface area contributed by atoms with Crippen molar-refractivity contribution in [2.75, 3.05) is 27.2 Å². The van der Waals surface area contributed by atoms with E-state index in [0.29, 0.717) is 19.7 Å². The third-order valence-electron chi connectivity index (χ3n) is 4.59. The summed E-state index contributed by atoms with van der Waals surface area (Å²) in [5, 5.41) is 0. The Kier molecular flexibility index (Phi) is 8.20. The number of furan rings is 1. The van der Waals surface area contributed by atoms with Crippen LogP contribution in [0.5, 0.6) is 0 Å². The topological polar surface area (TPSA) is 45.9 Å². The number of carbonyl (C=O) groups is 1. The fraction of sp³-hybridized carbons (Fsp3) is 0.476. The number of ether oxygens (including phenoxy) is 1. The summed E-state index contributed by atoms with van der Waals surface area (Å²) in [7, 11) is 4.03. The van der Waals surface area contributed by atoms with Crippen LogP contribution in [0.1, 0.15) is 35.5 Å². The summed E-state index contributed by atoms with van der Waals surface area (Å²) in [6, 6.07) is 12.5. The molecule has 0 bridgehead atoms. The molecule has 0 unspecified atom stereocenters. The van der Waals surface area contributed by atoms with Crippen LogP contribution >= 0.6 is 12.4 Å². The number of nitrogens with zero attached hydrogens (tertiary/aromatic N) is 2. The summed E-state index contributed by atoms with van der Waals surface area (Å²) in [6.07, 6.45) is 3.52. The number of aryl methyl sites for hydroxylation is 1. The van der Waals surface area contributed by atoms with Crippen molar-refractivity contribution >= 4 is 18.5 Å². The van der Waals surface area contributed by atoms with Gasteiger partial charge in [-0.25, -0.2) is 4.79 Å². The second-order valence-corrected chi connectivity index (χ2v) is 7.13. The van der Waals surface area contributed by atoms with Gasteiger partial charge in [-0.05, 0) is 57.0 Å². The molecule has 1 aromatic carbocycles. The highest BCUT2D eigenvalue weighted by atomic mass is 35.5. The fourth-order valence-electron chi connectivity index (χ4n) is 3.25. The average molecular weight is 393 g/mol. The smallest absolute Gasteiger partial charge is 0.410 e. The Bertz CT molecular complexity index is 715. The van der Waals surface area contributed by atoms with Crippen molar-refractivity contribution in [1.29, 1.82) is 0 Å². The van der Waals surface area contributed by atoms with Gasteiger partial charge in [-0.2, -0.15) is 0 Å². The summed E-state index contributed by atoms with van der Waals surface area (Å²) in [5.41, 5.74) is 2.54. The third-order valence-corrected chi connectivity index (χ3v) is 4.59. The number of carbonyl (C=O) groups excluding carboxylic acids is 1. The van der Waals surface area contributed by atoms with Gasteiger partial charge < -0.3 is 19.0 Å². The van der Waals surface area contributed by atoms with E-state index in [1.165, 1.54) is 11.1 Å². The Morgan fingerprint density at radius 2 is 2.00 bits per heavy atom. The van der Waals surface area contributed by atoms with Crippen LogP contribution in [0.25, 0.3) is 0 Å². The summed E-state index contributed by atoms with van der Waals surface area (Å²) < 4.78 is 11.3. The first-order valence-corrected chi connectivity index (χ1v) is 9.32. The van der Waals surface area contributed by atoms with Gasteiger partial charge in [-0.1, -0.05) is 30.3 Å². The van der Waals surface area contributed by atoms with Gasteiger partial charge in [0.25, 0.3) is 0 Å². The second kappa shape index (κ2) is 10.4. The second-order valence-electron chi connectivity index (χ2n) is 7.13. The van der Waals surface area contributed by atoms with Crippen LogP contribution in [-0.4, -0.2) is 43.1 Å². The maximum atomic E-state index is 12.3. The van der Waals surface area contributed by atoms with E-state index < -0.39 is 0 Å². The SMILES string of the molecule is CN(C)Cc1cc2c(o1)CN(C(=O)OCCCCc1ccccc1)CC2.Cl. The van der Waals surface area contributed by atoms with Gasteiger partial charge in [0.1, 0.15) is 11.5 Å². The molecule has 0 atom stereocenters. The molecule has 148 valence electrons. The Morgan fingerprint density at radius 3 is 2.74 bits per heavy atom. The molecule has 0 spiro atoms. The Labute approximate surface area is 167 Å². The lowest BCUT2D eigenvalue weighted by atomic mass is 10.1. The van der Waals surface area contributed by atoms with E-state index in [9.17, 15) is 4.79 Å². The molecule has 2 aromatic rings. The van der Waals surface area contributed by atoms with Crippen molar-refractivity contribution in [3.63, 3.8) is 0 Å². The lowest BCUT2D eigenvalue weighted by Crippen LogP contribution is -2.36. The highest BCUT2D eigenvalue weighted by Gasteiger charge is 2.25. The van der Waals surface area contributed by atoms with Crippen LogP contribution in [-0.2, 0) is 30.7 Å². The molecule has 1 aliphatic rings. The highest BCUT2D eigenvalue weighted by Crippen LogP contribution is 2.24. The lowest BCUT2D eigenvalue weighted by molar-refractivity contribution is 0.0928. The minimum Gasteiger partial charge on any atom is -0.463 e. The molecule has 2 heterocycles. The number of hydrogen-bond donors (Lipinski definition) is 0. The summed E-state index contributed by atoms with van der Waals surface area (Å²) >= 11 is 0. The molecule has 0 saturated carbocycles. The van der Waals surface area contributed by atoms with Crippen LogP contribution in [0.3, 0.4) is 0 Å². The zero-order valence-electron chi connectivity index (χ0n) is 16.1. The minimum absolute atomic E-state index is 0. The molecule has 0 radical (unpaired) electrons. The third kappa shape index (κ3) is 6.29.